The number of hydrogen-bond donors (Lipinski definition) is 4. The van der Waals surface area contributed by atoms with Crippen LogP contribution in [0.25, 0.3) is 0 Å². The highest BCUT2D eigenvalue weighted by Gasteiger charge is 2.26. The molecule has 0 aliphatic carbocycles. The summed E-state index contributed by atoms with van der Waals surface area (Å²) < 4.78 is 0. The lowest BCUT2D eigenvalue weighted by atomic mass is 10.0. The normalized spacial score (nSPS) is 13.5. The number of aliphatic hydroxyl groups excluding tert-OH is 3. The molecule has 4 N–H and O–H groups in total. The van der Waals surface area contributed by atoms with Crippen molar-refractivity contribution in [3.8, 4) is 0 Å². The lowest BCUT2D eigenvalue weighted by Crippen LogP contribution is -2.50. The molecule has 3 atom stereocenters. The second-order valence-electron chi connectivity index (χ2n) is 19.8. The van der Waals surface area contributed by atoms with Gasteiger partial charge in [-0.05, 0) is 70.6 Å². The van der Waals surface area contributed by atoms with Gasteiger partial charge in [0.1, 0.15) is 6.10 Å². The quantitative estimate of drug-likeness (QED) is 0.0362. The lowest BCUT2D eigenvalue weighted by Gasteiger charge is -2.26. The Labute approximate surface area is 400 Å². The smallest absolute Gasteiger partial charge is 0.220 e. The highest BCUT2D eigenvalue weighted by atomic mass is 16.3. The van der Waals surface area contributed by atoms with Gasteiger partial charge in [0.2, 0.25) is 5.91 Å². The molecule has 378 valence electrons. The van der Waals surface area contributed by atoms with E-state index in [0.717, 1.165) is 44.9 Å². The molecule has 0 aromatic rings. The molecule has 0 saturated heterocycles. The predicted octanol–water partition coefficient (Wildman–Crippen LogP) is 17.8. The molecule has 0 saturated carbocycles. The largest absolute Gasteiger partial charge is 0.394 e. The van der Waals surface area contributed by atoms with Gasteiger partial charge in [-0.2, -0.15) is 0 Å². The van der Waals surface area contributed by atoms with Crippen molar-refractivity contribution in [3.05, 3.63) is 36.5 Å². The number of aliphatic hydroxyl groups is 3. The molecule has 5 heteroatoms. The van der Waals surface area contributed by atoms with E-state index in [-0.39, 0.29) is 12.5 Å². The van der Waals surface area contributed by atoms with Crippen LogP contribution in [0.15, 0.2) is 36.5 Å². The molecule has 0 aromatic carbocycles. The summed E-state index contributed by atoms with van der Waals surface area (Å²) in [6, 6.07) is -0.824. The van der Waals surface area contributed by atoms with E-state index in [9.17, 15) is 20.1 Å². The van der Waals surface area contributed by atoms with E-state index >= 15 is 0 Å². The topological polar surface area (TPSA) is 89.8 Å². The van der Waals surface area contributed by atoms with E-state index in [2.05, 4.69) is 55.6 Å². The van der Waals surface area contributed by atoms with Crippen LogP contribution in [-0.4, -0.2) is 46.1 Å². The van der Waals surface area contributed by atoms with E-state index in [1.807, 2.05) is 0 Å². The van der Waals surface area contributed by atoms with E-state index in [1.165, 1.54) is 238 Å². The summed E-state index contributed by atoms with van der Waals surface area (Å²) in [5, 5.41) is 33.5. The first kappa shape index (κ1) is 62.6. The van der Waals surface area contributed by atoms with E-state index in [1.54, 1.807) is 0 Å². The maximum Gasteiger partial charge on any atom is 0.220 e. The standard InChI is InChI=1S/C59H113NO4/c1-3-5-7-9-11-13-15-16-17-18-19-20-21-22-23-24-25-26-27-28-29-30-31-32-33-34-35-36-37-38-39-40-41-42-44-46-48-50-52-54-58(63)60-56(55-61)59(64)57(62)53-51-49-47-45-43-14-12-10-8-6-4-2/h25-26,28-29,45,47,56-57,59,61-62,64H,3-24,27,30-44,46,48-55H2,1-2H3,(H,60,63)/b26-25-,29-28-,47-45+. The molecule has 0 spiro atoms. The Hall–Kier alpha value is -1.43. The zero-order valence-electron chi connectivity index (χ0n) is 43.2. The first-order valence-corrected chi connectivity index (χ1v) is 28.8. The monoisotopic (exact) mass is 900 g/mol. The summed E-state index contributed by atoms with van der Waals surface area (Å²) in [4.78, 5) is 12.5. The number of carbonyl (C=O) groups excluding carboxylic acids is 1. The van der Waals surface area contributed by atoms with E-state index in [4.69, 9.17) is 0 Å². The van der Waals surface area contributed by atoms with Crippen LogP contribution in [0.2, 0.25) is 0 Å². The molecule has 0 rings (SSSR count). The Morgan fingerprint density at radius 3 is 1.00 bits per heavy atom. The van der Waals surface area contributed by atoms with Crippen LogP contribution < -0.4 is 5.32 Å². The van der Waals surface area contributed by atoms with Crippen molar-refractivity contribution in [3.63, 3.8) is 0 Å². The van der Waals surface area contributed by atoms with Gasteiger partial charge in [0.15, 0.2) is 0 Å². The van der Waals surface area contributed by atoms with Crippen LogP contribution in [-0.2, 0) is 4.79 Å². The first-order chi connectivity index (χ1) is 31.6. The number of rotatable bonds is 53. The molecule has 0 radical (unpaired) electrons. The SMILES string of the molecule is CCCCCCCC/C=C/CCCC(O)C(O)C(CO)NC(=O)CCCCCCCCCCCCCCCCCCC/C=C\C/C=C\CCCCCCCCCCCCCCCCC. The van der Waals surface area contributed by atoms with Gasteiger partial charge in [-0.1, -0.05) is 269 Å². The van der Waals surface area contributed by atoms with Crippen LogP contribution in [0, 0.1) is 0 Å². The fourth-order valence-corrected chi connectivity index (χ4v) is 9.02. The molecule has 0 bridgehead atoms. The van der Waals surface area contributed by atoms with Crippen LogP contribution in [0.3, 0.4) is 0 Å². The minimum absolute atomic E-state index is 0.152. The fraction of sp³-hybridized carbons (Fsp3) is 0.881. The Kier molecular flexibility index (Phi) is 53.0. The molecular formula is C59H113NO4. The van der Waals surface area contributed by atoms with Crippen LogP contribution >= 0.6 is 0 Å². The molecule has 64 heavy (non-hydrogen) atoms. The highest BCUT2D eigenvalue weighted by Crippen LogP contribution is 2.17. The van der Waals surface area contributed by atoms with Crippen molar-refractivity contribution in [2.45, 2.75) is 327 Å². The van der Waals surface area contributed by atoms with Crippen molar-refractivity contribution in [1.29, 1.82) is 0 Å². The summed E-state index contributed by atoms with van der Waals surface area (Å²) >= 11 is 0. The average molecular weight is 901 g/mol. The molecule has 1 amide bonds. The van der Waals surface area contributed by atoms with Gasteiger partial charge >= 0.3 is 0 Å². The van der Waals surface area contributed by atoms with Crippen molar-refractivity contribution in [2.75, 3.05) is 6.61 Å². The fourth-order valence-electron chi connectivity index (χ4n) is 9.02. The van der Waals surface area contributed by atoms with Gasteiger partial charge in [0.25, 0.3) is 0 Å². The van der Waals surface area contributed by atoms with Gasteiger partial charge in [-0.3, -0.25) is 4.79 Å². The summed E-state index contributed by atoms with van der Waals surface area (Å²) in [6.07, 6.45) is 70.5. The number of hydrogen-bond acceptors (Lipinski definition) is 4. The van der Waals surface area contributed by atoms with Gasteiger partial charge < -0.3 is 20.6 Å². The third kappa shape index (κ3) is 48.5. The van der Waals surface area contributed by atoms with Crippen molar-refractivity contribution < 1.29 is 20.1 Å². The van der Waals surface area contributed by atoms with Gasteiger partial charge in [0, 0.05) is 6.42 Å². The lowest BCUT2D eigenvalue weighted by molar-refractivity contribution is -0.124. The molecule has 0 fully saturated rings. The van der Waals surface area contributed by atoms with Crippen LogP contribution in [0.1, 0.15) is 309 Å². The van der Waals surface area contributed by atoms with Crippen LogP contribution in [0.4, 0.5) is 0 Å². The minimum atomic E-state index is -1.16. The molecule has 0 aromatic heterocycles. The van der Waals surface area contributed by atoms with Crippen molar-refractivity contribution >= 4 is 5.91 Å². The zero-order chi connectivity index (χ0) is 46.5. The second-order valence-corrected chi connectivity index (χ2v) is 19.8. The summed E-state index contributed by atoms with van der Waals surface area (Å²) in [6.45, 7) is 4.17. The summed E-state index contributed by atoms with van der Waals surface area (Å²) in [5.41, 5.74) is 0. The Morgan fingerprint density at radius 2 is 0.672 bits per heavy atom. The maximum absolute atomic E-state index is 12.5. The van der Waals surface area contributed by atoms with Gasteiger partial charge in [-0.25, -0.2) is 0 Å². The summed E-state index contributed by atoms with van der Waals surface area (Å²) in [5.74, 6) is -0.152. The number of amides is 1. The number of allylic oxidation sites excluding steroid dienone is 6. The molecular weight excluding hydrogens is 787 g/mol. The third-order valence-electron chi connectivity index (χ3n) is 13.5. The minimum Gasteiger partial charge on any atom is -0.394 e. The highest BCUT2D eigenvalue weighted by molar-refractivity contribution is 5.76. The molecule has 0 aliphatic rings. The predicted molar refractivity (Wildman–Crippen MR) is 282 cm³/mol. The zero-order valence-corrected chi connectivity index (χ0v) is 43.2. The van der Waals surface area contributed by atoms with E-state index < -0.39 is 18.2 Å². The van der Waals surface area contributed by atoms with Crippen molar-refractivity contribution in [2.24, 2.45) is 0 Å². The maximum atomic E-state index is 12.5. The molecule has 3 unspecified atom stereocenters. The number of nitrogens with one attached hydrogen (secondary N) is 1. The second kappa shape index (κ2) is 54.2. The van der Waals surface area contributed by atoms with Gasteiger partial charge in [-0.15, -0.1) is 0 Å². The van der Waals surface area contributed by atoms with Crippen LogP contribution in [0.5, 0.6) is 0 Å². The summed E-state index contributed by atoms with van der Waals surface area (Å²) in [7, 11) is 0. The number of unbranched alkanes of at least 4 members (excludes halogenated alkanes) is 39. The molecule has 5 nitrogen and oxygen atoms in total. The third-order valence-corrected chi connectivity index (χ3v) is 13.5. The Morgan fingerprint density at radius 1 is 0.391 bits per heavy atom. The molecule has 0 heterocycles. The first-order valence-electron chi connectivity index (χ1n) is 28.8. The van der Waals surface area contributed by atoms with Crippen molar-refractivity contribution in [1.82, 2.24) is 5.32 Å². The Balaban J connectivity index is 3.45. The average Bonchev–Trinajstić information content (AvgIpc) is 3.30. The van der Waals surface area contributed by atoms with Gasteiger partial charge in [0.05, 0.1) is 18.8 Å². The van der Waals surface area contributed by atoms with E-state index in [0.29, 0.717) is 12.8 Å². The number of carbonyl (C=O) groups is 1. The Bertz CT molecular complexity index is 993. The molecule has 0 aliphatic heterocycles.